The molecule has 6 heteroatoms. The Bertz CT molecular complexity index is 506. The van der Waals surface area contributed by atoms with Crippen molar-refractivity contribution in [2.75, 3.05) is 6.54 Å². The van der Waals surface area contributed by atoms with Crippen LogP contribution in [-0.4, -0.2) is 27.9 Å². The second-order valence-electron chi connectivity index (χ2n) is 4.15. The lowest BCUT2D eigenvalue weighted by Crippen LogP contribution is -2.28. The molecule has 1 aromatic carbocycles. The molecule has 0 radical (unpaired) electrons. The first kappa shape index (κ1) is 12.8. The van der Waals surface area contributed by atoms with Crippen LogP contribution in [0.4, 0.5) is 9.18 Å². The summed E-state index contributed by atoms with van der Waals surface area (Å²) in [5.74, 6) is -0.718. The van der Waals surface area contributed by atoms with Crippen LogP contribution in [0.2, 0.25) is 0 Å². The molecule has 2 rings (SSSR count). The van der Waals surface area contributed by atoms with E-state index >= 15 is 0 Å². The SMILES string of the molecule is O=C(Cl)c1ccc(C2CCCN2C(=O)O)cc1F. The van der Waals surface area contributed by atoms with Crippen LogP contribution < -0.4 is 0 Å². The monoisotopic (exact) mass is 271 g/mol. The van der Waals surface area contributed by atoms with Gasteiger partial charge in [-0.1, -0.05) is 6.07 Å². The number of rotatable bonds is 2. The molecule has 1 unspecified atom stereocenters. The molecule has 1 aliphatic heterocycles. The molecule has 96 valence electrons. The predicted molar refractivity (Wildman–Crippen MR) is 63.3 cm³/mol. The summed E-state index contributed by atoms with van der Waals surface area (Å²) in [4.78, 5) is 23.2. The maximum atomic E-state index is 13.6. The van der Waals surface area contributed by atoms with Gasteiger partial charge in [-0.3, -0.25) is 4.79 Å². The fourth-order valence-corrected chi connectivity index (χ4v) is 2.39. The largest absolute Gasteiger partial charge is 0.465 e. The Morgan fingerprint density at radius 2 is 2.17 bits per heavy atom. The van der Waals surface area contributed by atoms with Gasteiger partial charge in [0.25, 0.3) is 5.24 Å². The molecule has 1 heterocycles. The van der Waals surface area contributed by atoms with Gasteiger partial charge in [0.05, 0.1) is 11.6 Å². The molecule has 0 aromatic heterocycles. The van der Waals surface area contributed by atoms with E-state index in [-0.39, 0.29) is 11.6 Å². The Kier molecular flexibility index (Phi) is 3.52. The molecule has 1 N–H and O–H groups in total. The van der Waals surface area contributed by atoms with Crippen LogP contribution in [-0.2, 0) is 0 Å². The summed E-state index contributed by atoms with van der Waals surface area (Å²) >= 11 is 5.22. The lowest BCUT2D eigenvalue weighted by molar-refractivity contribution is 0.107. The Labute approximate surface area is 108 Å². The number of carbonyl (C=O) groups excluding carboxylic acids is 1. The maximum absolute atomic E-state index is 13.6. The van der Waals surface area contributed by atoms with Gasteiger partial charge in [-0.2, -0.15) is 0 Å². The second-order valence-corrected chi connectivity index (χ2v) is 4.49. The van der Waals surface area contributed by atoms with Crippen molar-refractivity contribution >= 4 is 22.9 Å². The molecule has 1 saturated heterocycles. The first-order valence-electron chi connectivity index (χ1n) is 5.49. The highest BCUT2D eigenvalue weighted by atomic mass is 35.5. The highest BCUT2D eigenvalue weighted by Gasteiger charge is 2.30. The van der Waals surface area contributed by atoms with Gasteiger partial charge in [0.2, 0.25) is 0 Å². The molecular weight excluding hydrogens is 261 g/mol. The van der Waals surface area contributed by atoms with Crippen molar-refractivity contribution in [2.24, 2.45) is 0 Å². The van der Waals surface area contributed by atoms with Crippen LogP contribution in [0.15, 0.2) is 18.2 Å². The minimum atomic E-state index is -1.02. The third kappa shape index (κ3) is 2.31. The Morgan fingerprint density at radius 1 is 1.44 bits per heavy atom. The summed E-state index contributed by atoms with van der Waals surface area (Å²) in [5, 5.41) is 8.15. The summed E-state index contributed by atoms with van der Waals surface area (Å²) in [6.45, 7) is 0.442. The average Bonchev–Trinajstić information content (AvgIpc) is 2.77. The number of amides is 1. The van der Waals surface area contributed by atoms with Crippen molar-refractivity contribution in [3.63, 3.8) is 0 Å². The van der Waals surface area contributed by atoms with Crippen LogP contribution >= 0.6 is 11.6 Å². The predicted octanol–water partition coefficient (Wildman–Crippen LogP) is 3.02. The Morgan fingerprint density at radius 3 is 2.72 bits per heavy atom. The van der Waals surface area contributed by atoms with E-state index in [0.717, 1.165) is 6.42 Å². The summed E-state index contributed by atoms with van der Waals surface area (Å²) in [7, 11) is 0. The van der Waals surface area contributed by atoms with E-state index in [4.69, 9.17) is 16.7 Å². The van der Waals surface area contributed by atoms with Crippen LogP contribution in [0.25, 0.3) is 0 Å². The molecule has 1 amide bonds. The number of carbonyl (C=O) groups is 2. The number of carboxylic acid groups (broad SMARTS) is 1. The highest BCUT2D eigenvalue weighted by Crippen LogP contribution is 2.32. The lowest BCUT2D eigenvalue weighted by atomic mass is 10.0. The van der Waals surface area contributed by atoms with Crippen LogP contribution in [0.1, 0.15) is 34.8 Å². The maximum Gasteiger partial charge on any atom is 0.407 e. The third-order valence-electron chi connectivity index (χ3n) is 3.09. The van der Waals surface area contributed by atoms with Crippen molar-refractivity contribution in [3.05, 3.63) is 35.1 Å². The Hall–Kier alpha value is -1.62. The zero-order valence-electron chi connectivity index (χ0n) is 9.40. The molecule has 1 fully saturated rings. The van der Waals surface area contributed by atoms with Crippen molar-refractivity contribution in [1.29, 1.82) is 0 Å². The standard InChI is InChI=1S/C12H11ClFNO3/c13-11(16)8-4-3-7(6-9(8)14)10-2-1-5-15(10)12(17)18/h3-4,6,10H,1-2,5H2,(H,17,18). The second kappa shape index (κ2) is 4.94. The van der Waals surface area contributed by atoms with E-state index in [0.29, 0.717) is 18.5 Å². The van der Waals surface area contributed by atoms with Gasteiger partial charge in [0.15, 0.2) is 0 Å². The smallest absolute Gasteiger partial charge is 0.407 e. The van der Waals surface area contributed by atoms with Crippen molar-refractivity contribution in [1.82, 2.24) is 4.90 Å². The molecule has 0 bridgehead atoms. The molecular formula is C12H11ClFNO3. The van der Waals surface area contributed by atoms with Crippen molar-refractivity contribution < 1.29 is 19.1 Å². The number of benzene rings is 1. The van der Waals surface area contributed by atoms with E-state index in [1.807, 2.05) is 0 Å². The fourth-order valence-electron chi connectivity index (χ4n) is 2.24. The first-order chi connectivity index (χ1) is 8.50. The van der Waals surface area contributed by atoms with Gasteiger partial charge in [0, 0.05) is 6.54 Å². The molecule has 0 spiro atoms. The molecule has 0 aliphatic carbocycles. The van der Waals surface area contributed by atoms with Crippen molar-refractivity contribution in [3.8, 4) is 0 Å². The summed E-state index contributed by atoms with van der Waals surface area (Å²) in [6.07, 6.45) is 0.379. The molecule has 4 nitrogen and oxygen atoms in total. The normalized spacial score (nSPS) is 19.0. The zero-order valence-corrected chi connectivity index (χ0v) is 10.2. The fraction of sp³-hybridized carbons (Fsp3) is 0.333. The van der Waals surface area contributed by atoms with Crippen LogP contribution in [0, 0.1) is 5.82 Å². The van der Waals surface area contributed by atoms with E-state index in [2.05, 4.69) is 0 Å². The summed E-state index contributed by atoms with van der Waals surface area (Å²) in [5.41, 5.74) is 0.356. The van der Waals surface area contributed by atoms with Gasteiger partial charge < -0.3 is 10.0 Å². The molecule has 1 aliphatic rings. The third-order valence-corrected chi connectivity index (χ3v) is 3.29. The van der Waals surface area contributed by atoms with Gasteiger partial charge in [-0.25, -0.2) is 9.18 Å². The van der Waals surface area contributed by atoms with E-state index in [9.17, 15) is 14.0 Å². The molecule has 1 atom stereocenters. The van der Waals surface area contributed by atoms with Crippen LogP contribution in [0.5, 0.6) is 0 Å². The molecule has 1 aromatic rings. The summed E-state index contributed by atoms with van der Waals surface area (Å²) < 4.78 is 13.6. The van der Waals surface area contributed by atoms with Gasteiger partial charge in [0.1, 0.15) is 5.82 Å². The molecule has 18 heavy (non-hydrogen) atoms. The highest BCUT2D eigenvalue weighted by molar-refractivity contribution is 6.67. The lowest BCUT2D eigenvalue weighted by Gasteiger charge is -2.22. The van der Waals surface area contributed by atoms with Crippen molar-refractivity contribution in [2.45, 2.75) is 18.9 Å². The number of halogens is 2. The summed E-state index contributed by atoms with van der Waals surface area (Å²) in [6, 6.07) is 3.67. The van der Waals surface area contributed by atoms with E-state index in [1.54, 1.807) is 6.07 Å². The number of hydrogen-bond donors (Lipinski definition) is 1. The van der Waals surface area contributed by atoms with E-state index in [1.165, 1.54) is 17.0 Å². The van der Waals surface area contributed by atoms with Gasteiger partial charge in [-0.05, 0) is 42.1 Å². The quantitative estimate of drug-likeness (QED) is 0.841. The number of hydrogen-bond acceptors (Lipinski definition) is 2. The molecule has 0 saturated carbocycles. The zero-order chi connectivity index (χ0) is 13.3. The van der Waals surface area contributed by atoms with E-state index < -0.39 is 17.2 Å². The van der Waals surface area contributed by atoms with Gasteiger partial charge in [-0.15, -0.1) is 0 Å². The number of nitrogens with zero attached hydrogens (tertiary/aromatic N) is 1. The Balaban J connectivity index is 2.32. The average molecular weight is 272 g/mol. The topological polar surface area (TPSA) is 57.6 Å². The van der Waals surface area contributed by atoms with Gasteiger partial charge >= 0.3 is 6.09 Å². The number of likely N-dealkylation sites (tertiary alicyclic amines) is 1. The minimum Gasteiger partial charge on any atom is -0.465 e. The minimum absolute atomic E-state index is 0.194. The first-order valence-corrected chi connectivity index (χ1v) is 5.87. The van der Waals surface area contributed by atoms with Crippen LogP contribution in [0.3, 0.4) is 0 Å².